The minimum absolute atomic E-state index is 0.00952. The molecule has 4 rings (SSSR count). The number of alkyl halides is 3. The summed E-state index contributed by atoms with van der Waals surface area (Å²) in [4.78, 5) is 26.1. The molecule has 0 bridgehead atoms. The summed E-state index contributed by atoms with van der Waals surface area (Å²) in [6.45, 7) is -0.435. The van der Waals surface area contributed by atoms with E-state index in [9.17, 15) is 27.9 Å². The summed E-state index contributed by atoms with van der Waals surface area (Å²) < 4.78 is 46.4. The molecule has 0 fully saturated rings. The number of anilines is 1. The van der Waals surface area contributed by atoms with Crippen LogP contribution in [-0.4, -0.2) is 53.6 Å². The van der Waals surface area contributed by atoms with Crippen molar-refractivity contribution in [3.63, 3.8) is 0 Å². The van der Waals surface area contributed by atoms with Gasteiger partial charge in [0.15, 0.2) is 0 Å². The molecule has 1 atom stereocenters. The number of carboxylic acids is 1. The molecule has 1 aliphatic carbocycles. The van der Waals surface area contributed by atoms with Gasteiger partial charge in [0.25, 0.3) is 0 Å². The first-order valence-corrected chi connectivity index (χ1v) is 9.54. The van der Waals surface area contributed by atoms with Gasteiger partial charge < -0.3 is 14.6 Å². The molecule has 1 unspecified atom stereocenters. The SMILES string of the molecule is CN(C(=O)N1COC2(C(=O)O)Cc3cc(Cl)ccc3C2=N1)c1ccc(OC(F)(F)F)cc1. The first-order chi connectivity index (χ1) is 15.0. The van der Waals surface area contributed by atoms with Gasteiger partial charge in [-0.15, -0.1) is 13.2 Å². The lowest BCUT2D eigenvalue weighted by Crippen LogP contribution is -2.55. The summed E-state index contributed by atoms with van der Waals surface area (Å²) in [7, 11) is 1.39. The number of hydrogen-bond acceptors (Lipinski definition) is 5. The smallest absolute Gasteiger partial charge is 0.479 e. The van der Waals surface area contributed by atoms with Crippen LogP contribution in [0.15, 0.2) is 47.6 Å². The van der Waals surface area contributed by atoms with Crippen molar-refractivity contribution in [1.29, 1.82) is 0 Å². The second kappa shape index (κ2) is 7.68. The zero-order valence-electron chi connectivity index (χ0n) is 16.4. The number of rotatable bonds is 3. The number of amides is 2. The van der Waals surface area contributed by atoms with Crippen molar-refractivity contribution in [2.24, 2.45) is 5.10 Å². The van der Waals surface area contributed by atoms with Crippen LogP contribution in [0.4, 0.5) is 23.7 Å². The van der Waals surface area contributed by atoms with Gasteiger partial charge in [0.1, 0.15) is 18.2 Å². The van der Waals surface area contributed by atoms with E-state index >= 15 is 0 Å². The van der Waals surface area contributed by atoms with Crippen LogP contribution < -0.4 is 9.64 Å². The Balaban J connectivity index is 1.60. The fourth-order valence-corrected chi connectivity index (χ4v) is 3.77. The van der Waals surface area contributed by atoms with E-state index in [0.717, 1.165) is 22.0 Å². The summed E-state index contributed by atoms with van der Waals surface area (Å²) in [5.41, 5.74) is -0.275. The maximum absolute atomic E-state index is 12.9. The third kappa shape index (κ3) is 3.84. The third-order valence-corrected chi connectivity index (χ3v) is 5.34. The van der Waals surface area contributed by atoms with Gasteiger partial charge in [-0.1, -0.05) is 17.7 Å². The van der Waals surface area contributed by atoms with Crippen LogP contribution in [0.1, 0.15) is 11.1 Å². The van der Waals surface area contributed by atoms with Gasteiger partial charge in [0.2, 0.25) is 5.60 Å². The molecular weight excluding hydrogens is 455 g/mol. The maximum atomic E-state index is 12.9. The number of carbonyl (C=O) groups is 2. The quantitative estimate of drug-likeness (QED) is 0.737. The number of carbonyl (C=O) groups excluding carboxylic acids is 1. The van der Waals surface area contributed by atoms with Crippen molar-refractivity contribution in [3.05, 3.63) is 58.6 Å². The molecule has 2 aliphatic rings. The van der Waals surface area contributed by atoms with Gasteiger partial charge in [-0.2, -0.15) is 10.1 Å². The molecule has 32 heavy (non-hydrogen) atoms. The number of carboxylic acid groups (broad SMARTS) is 1. The number of urea groups is 1. The summed E-state index contributed by atoms with van der Waals surface area (Å²) in [5, 5.41) is 15.4. The summed E-state index contributed by atoms with van der Waals surface area (Å²) in [5.74, 6) is -1.68. The zero-order valence-corrected chi connectivity index (χ0v) is 17.1. The molecule has 1 heterocycles. The predicted octanol–water partition coefficient (Wildman–Crippen LogP) is 3.87. The fraction of sp³-hybridized carbons (Fsp3) is 0.250. The number of aliphatic carboxylic acids is 1. The molecule has 8 nitrogen and oxygen atoms in total. The van der Waals surface area contributed by atoms with Crippen LogP contribution in [0.2, 0.25) is 5.02 Å². The minimum atomic E-state index is -4.83. The van der Waals surface area contributed by atoms with Gasteiger partial charge in [-0.3, -0.25) is 4.90 Å². The lowest BCUT2D eigenvalue weighted by molar-refractivity contribution is -0.274. The molecule has 1 N–H and O–H groups in total. The van der Waals surface area contributed by atoms with Crippen molar-refractivity contribution in [3.8, 4) is 5.75 Å². The number of halogens is 4. The highest BCUT2D eigenvalue weighted by atomic mass is 35.5. The Morgan fingerprint density at radius 2 is 1.94 bits per heavy atom. The Bertz CT molecular complexity index is 1120. The highest BCUT2D eigenvalue weighted by Crippen LogP contribution is 2.38. The first-order valence-electron chi connectivity index (χ1n) is 9.16. The molecule has 0 saturated heterocycles. The Hall–Kier alpha value is -3.31. The van der Waals surface area contributed by atoms with Gasteiger partial charge >= 0.3 is 18.4 Å². The average Bonchev–Trinajstić information content (AvgIpc) is 3.06. The standard InChI is InChI=1S/C20H15ClF3N3O5/c1-26(13-3-5-14(6-4-13)32-20(22,23)24)18(30)27-10-31-19(17(28)29)9-11-8-12(21)2-7-15(11)16(19)25-27/h2-8H,9-10H2,1H3,(H,28,29). The molecule has 0 aromatic heterocycles. The summed E-state index contributed by atoms with van der Waals surface area (Å²) >= 11 is 6.01. The number of hydrazone groups is 1. The van der Waals surface area contributed by atoms with Crippen LogP contribution in [0.25, 0.3) is 0 Å². The van der Waals surface area contributed by atoms with Crippen molar-refractivity contribution in [2.45, 2.75) is 18.4 Å². The van der Waals surface area contributed by atoms with E-state index in [1.54, 1.807) is 18.2 Å². The number of hydrogen-bond donors (Lipinski definition) is 1. The third-order valence-electron chi connectivity index (χ3n) is 5.11. The molecule has 168 valence electrons. The molecule has 0 spiro atoms. The largest absolute Gasteiger partial charge is 0.573 e. The van der Waals surface area contributed by atoms with E-state index in [1.807, 2.05) is 0 Å². The van der Waals surface area contributed by atoms with Crippen LogP contribution in [0.5, 0.6) is 5.75 Å². The van der Waals surface area contributed by atoms with E-state index in [1.165, 1.54) is 19.2 Å². The molecule has 2 amide bonds. The van der Waals surface area contributed by atoms with Crippen molar-refractivity contribution < 1.29 is 37.3 Å². The van der Waals surface area contributed by atoms with E-state index in [0.29, 0.717) is 16.1 Å². The summed E-state index contributed by atoms with van der Waals surface area (Å²) in [6.07, 6.45) is -4.82. The molecule has 2 aromatic rings. The molecule has 12 heteroatoms. The van der Waals surface area contributed by atoms with E-state index in [4.69, 9.17) is 16.3 Å². The summed E-state index contributed by atoms with van der Waals surface area (Å²) in [6, 6.07) is 8.81. The Kier molecular flexibility index (Phi) is 5.25. The Labute approximate surface area is 184 Å². The van der Waals surface area contributed by atoms with E-state index in [2.05, 4.69) is 9.84 Å². The van der Waals surface area contributed by atoms with Crippen molar-refractivity contribution in [2.75, 3.05) is 18.7 Å². The second-order valence-corrected chi connectivity index (χ2v) is 7.55. The highest BCUT2D eigenvalue weighted by Gasteiger charge is 2.54. The fourth-order valence-electron chi connectivity index (χ4n) is 3.58. The average molecular weight is 470 g/mol. The first kappa shape index (κ1) is 21.9. The number of ether oxygens (including phenoxy) is 2. The monoisotopic (exact) mass is 469 g/mol. The topological polar surface area (TPSA) is 91.7 Å². The number of benzene rings is 2. The number of fused-ring (bicyclic) bond motifs is 3. The van der Waals surface area contributed by atoms with Crippen LogP contribution in [0, 0.1) is 0 Å². The van der Waals surface area contributed by atoms with E-state index < -0.39 is 36.4 Å². The molecule has 1 aliphatic heterocycles. The molecule has 0 saturated carbocycles. The number of nitrogens with zero attached hydrogens (tertiary/aromatic N) is 3. The normalized spacial score (nSPS) is 19.7. The van der Waals surface area contributed by atoms with E-state index in [-0.39, 0.29) is 17.8 Å². The minimum Gasteiger partial charge on any atom is -0.479 e. The highest BCUT2D eigenvalue weighted by molar-refractivity contribution is 6.31. The van der Waals surface area contributed by atoms with Crippen LogP contribution in [-0.2, 0) is 16.0 Å². The van der Waals surface area contributed by atoms with Gasteiger partial charge in [0, 0.05) is 29.7 Å². The second-order valence-electron chi connectivity index (χ2n) is 7.12. The Morgan fingerprint density at radius 3 is 2.56 bits per heavy atom. The lowest BCUT2D eigenvalue weighted by atomic mass is 9.98. The van der Waals surface area contributed by atoms with Crippen LogP contribution >= 0.6 is 11.6 Å². The predicted molar refractivity (Wildman–Crippen MR) is 107 cm³/mol. The Morgan fingerprint density at radius 1 is 1.25 bits per heavy atom. The van der Waals surface area contributed by atoms with Crippen molar-refractivity contribution in [1.82, 2.24) is 5.01 Å². The van der Waals surface area contributed by atoms with Gasteiger partial charge in [0.05, 0.1) is 0 Å². The molecule has 0 radical (unpaired) electrons. The zero-order chi connectivity index (χ0) is 23.3. The lowest BCUT2D eigenvalue weighted by Gasteiger charge is -2.35. The van der Waals surface area contributed by atoms with Gasteiger partial charge in [-0.05, 0) is 42.0 Å². The molecule has 2 aromatic carbocycles. The van der Waals surface area contributed by atoms with Gasteiger partial charge in [-0.25, -0.2) is 9.59 Å². The molecular formula is C20H15ClF3N3O5. The maximum Gasteiger partial charge on any atom is 0.573 e. The van der Waals surface area contributed by atoms with Crippen molar-refractivity contribution >= 4 is 35.0 Å². The van der Waals surface area contributed by atoms with Crippen LogP contribution in [0.3, 0.4) is 0 Å².